The van der Waals surface area contributed by atoms with Gasteiger partial charge in [0.2, 0.25) is 0 Å². The second-order valence-corrected chi connectivity index (χ2v) is 7.48. The molecule has 0 spiro atoms. The number of esters is 1. The van der Waals surface area contributed by atoms with Crippen molar-refractivity contribution in [1.82, 2.24) is 0 Å². The van der Waals surface area contributed by atoms with Crippen LogP contribution in [0.15, 0.2) is 0 Å². The summed E-state index contributed by atoms with van der Waals surface area (Å²) >= 11 is 0. The van der Waals surface area contributed by atoms with Crippen LogP contribution in [-0.4, -0.2) is 44.1 Å². The van der Waals surface area contributed by atoms with E-state index in [9.17, 15) is 19.0 Å². The molecule has 0 radical (unpaired) electrons. The van der Waals surface area contributed by atoms with E-state index in [1.54, 1.807) is 0 Å². The minimum Gasteiger partial charge on any atom is -0.462 e. The summed E-state index contributed by atoms with van der Waals surface area (Å²) in [6.07, 6.45) is -0.778. The highest BCUT2D eigenvalue weighted by atomic mass is 31.3. The second kappa shape index (κ2) is 6.21. The van der Waals surface area contributed by atoms with Gasteiger partial charge in [-0.05, 0) is 6.92 Å². The molecule has 1 saturated heterocycles. The van der Waals surface area contributed by atoms with Crippen LogP contribution in [0.4, 0.5) is 0 Å². The smallest absolute Gasteiger partial charge is 0.462 e. The Morgan fingerprint density at radius 3 is 2.50 bits per heavy atom. The highest BCUT2D eigenvalue weighted by Crippen LogP contribution is 2.57. The summed E-state index contributed by atoms with van der Waals surface area (Å²) in [5, 5.41) is 9.75. The van der Waals surface area contributed by atoms with E-state index in [0.717, 1.165) is 0 Å². The van der Waals surface area contributed by atoms with Gasteiger partial charge >= 0.3 is 21.6 Å². The van der Waals surface area contributed by atoms with Gasteiger partial charge in [0.15, 0.2) is 0 Å². The summed E-state index contributed by atoms with van der Waals surface area (Å²) in [6.45, 7) is 1.01. The van der Waals surface area contributed by atoms with Crippen molar-refractivity contribution in [2.45, 2.75) is 37.9 Å². The van der Waals surface area contributed by atoms with Crippen LogP contribution in [0.3, 0.4) is 0 Å². The zero-order valence-corrected chi connectivity index (χ0v) is 12.3. The standard InChI is InChI=1S/C8H16O10P2/c1-8(10)4-6(17-7(9)5-8)2-3-16-20(14,15)18-19(11,12)13/h6,10H,2-5H2,1H3,(H,14,15)(H2,11,12,13). The van der Waals surface area contributed by atoms with E-state index in [2.05, 4.69) is 8.83 Å². The molecule has 0 aromatic rings. The minimum absolute atomic E-state index is 0.0308. The van der Waals surface area contributed by atoms with E-state index in [0.29, 0.717) is 0 Å². The first-order valence-corrected chi connectivity index (χ1v) is 8.57. The lowest BCUT2D eigenvalue weighted by Gasteiger charge is -2.33. The van der Waals surface area contributed by atoms with Crippen LogP contribution >= 0.6 is 15.6 Å². The minimum atomic E-state index is -5.15. The maximum absolute atomic E-state index is 11.2. The van der Waals surface area contributed by atoms with Crippen molar-refractivity contribution in [3.05, 3.63) is 0 Å². The molecule has 3 unspecified atom stereocenters. The molecule has 4 N–H and O–H groups in total. The van der Waals surface area contributed by atoms with Gasteiger partial charge in [-0.1, -0.05) is 0 Å². The summed E-state index contributed by atoms with van der Waals surface area (Å²) < 4.78 is 34.3. The van der Waals surface area contributed by atoms with Gasteiger partial charge in [-0.2, -0.15) is 4.31 Å². The van der Waals surface area contributed by atoms with Crippen molar-refractivity contribution in [3.63, 3.8) is 0 Å². The van der Waals surface area contributed by atoms with Gasteiger partial charge in [0.1, 0.15) is 6.10 Å². The van der Waals surface area contributed by atoms with Gasteiger partial charge in [0.05, 0.1) is 18.6 Å². The van der Waals surface area contributed by atoms with Crippen LogP contribution in [0.1, 0.15) is 26.2 Å². The number of hydrogen-bond acceptors (Lipinski definition) is 7. The summed E-state index contributed by atoms with van der Waals surface area (Å²) in [4.78, 5) is 36.9. The van der Waals surface area contributed by atoms with Gasteiger partial charge in [-0.15, -0.1) is 0 Å². The van der Waals surface area contributed by atoms with E-state index in [1.165, 1.54) is 6.92 Å². The molecule has 1 heterocycles. The third kappa shape index (κ3) is 6.92. The quantitative estimate of drug-likeness (QED) is 0.386. The van der Waals surface area contributed by atoms with E-state index in [-0.39, 0.29) is 19.3 Å². The van der Waals surface area contributed by atoms with Crippen LogP contribution in [0, 0.1) is 0 Å². The van der Waals surface area contributed by atoms with Crippen LogP contribution in [-0.2, 0) is 27.5 Å². The lowest BCUT2D eigenvalue weighted by Crippen LogP contribution is -2.41. The zero-order valence-electron chi connectivity index (χ0n) is 10.5. The average Bonchev–Trinajstić information content (AvgIpc) is 2.08. The van der Waals surface area contributed by atoms with Crippen molar-refractivity contribution in [1.29, 1.82) is 0 Å². The fourth-order valence-corrected chi connectivity index (χ4v) is 3.36. The third-order valence-corrected chi connectivity index (χ3v) is 4.58. The first kappa shape index (κ1) is 17.7. The fourth-order valence-electron chi connectivity index (χ4n) is 1.76. The average molecular weight is 334 g/mol. The molecule has 3 atom stereocenters. The van der Waals surface area contributed by atoms with Crippen LogP contribution in [0.5, 0.6) is 0 Å². The van der Waals surface area contributed by atoms with Crippen LogP contribution in [0.2, 0.25) is 0 Å². The molecular weight excluding hydrogens is 318 g/mol. The Morgan fingerprint density at radius 1 is 1.40 bits per heavy atom. The number of ether oxygens (including phenoxy) is 1. The highest BCUT2D eigenvalue weighted by Gasteiger charge is 2.37. The normalized spacial score (nSPS) is 30.6. The van der Waals surface area contributed by atoms with Crippen molar-refractivity contribution in [3.8, 4) is 0 Å². The Morgan fingerprint density at radius 2 is 2.00 bits per heavy atom. The molecule has 10 nitrogen and oxygen atoms in total. The SMILES string of the molecule is CC1(O)CC(=O)OC(CCOP(=O)(O)OP(=O)(O)O)C1. The Kier molecular flexibility index (Phi) is 5.51. The van der Waals surface area contributed by atoms with E-state index < -0.39 is 39.9 Å². The van der Waals surface area contributed by atoms with E-state index in [4.69, 9.17) is 19.4 Å². The summed E-state index contributed by atoms with van der Waals surface area (Å²) in [7, 11) is -10.0. The number of phosphoric ester groups is 1. The Labute approximate surface area is 114 Å². The Bertz CT molecular complexity index is 454. The largest absolute Gasteiger partial charge is 0.481 e. The Hall–Kier alpha value is -0.310. The molecule has 0 amide bonds. The topological polar surface area (TPSA) is 160 Å². The first-order chi connectivity index (χ1) is 8.89. The highest BCUT2D eigenvalue weighted by molar-refractivity contribution is 7.60. The van der Waals surface area contributed by atoms with Gasteiger partial charge < -0.3 is 24.5 Å². The molecule has 0 aromatic heterocycles. The molecule has 1 fully saturated rings. The Balaban J connectivity index is 2.42. The van der Waals surface area contributed by atoms with Gasteiger partial charge in [-0.3, -0.25) is 9.32 Å². The number of aliphatic hydroxyl groups is 1. The lowest BCUT2D eigenvalue weighted by atomic mass is 9.91. The number of phosphoric acid groups is 2. The number of cyclic esters (lactones) is 1. The molecular formula is C8H16O10P2. The summed E-state index contributed by atoms with van der Waals surface area (Å²) in [5.74, 6) is -0.607. The van der Waals surface area contributed by atoms with Gasteiger partial charge in [-0.25, -0.2) is 9.13 Å². The van der Waals surface area contributed by atoms with E-state index in [1.807, 2.05) is 0 Å². The molecule has 0 aromatic carbocycles. The monoisotopic (exact) mass is 334 g/mol. The van der Waals surface area contributed by atoms with Crippen LogP contribution < -0.4 is 0 Å². The van der Waals surface area contributed by atoms with Gasteiger partial charge in [0.25, 0.3) is 0 Å². The molecule has 1 aliphatic rings. The predicted octanol–water partition coefficient (Wildman–Crippen LogP) is 0.0594. The lowest BCUT2D eigenvalue weighted by molar-refractivity contribution is -0.168. The number of carbonyl (C=O) groups is 1. The van der Waals surface area contributed by atoms with Crippen molar-refractivity contribution in [2.24, 2.45) is 0 Å². The fraction of sp³-hybridized carbons (Fsp3) is 0.875. The summed E-state index contributed by atoms with van der Waals surface area (Å²) in [6, 6.07) is 0. The number of carbonyl (C=O) groups excluding carboxylic acids is 1. The molecule has 0 aliphatic carbocycles. The maximum atomic E-state index is 11.2. The first-order valence-electron chi connectivity index (χ1n) is 5.55. The molecule has 0 saturated carbocycles. The molecule has 12 heteroatoms. The zero-order chi connectivity index (χ0) is 15.6. The predicted molar refractivity (Wildman–Crippen MR) is 63.3 cm³/mol. The summed E-state index contributed by atoms with van der Waals surface area (Å²) in [5.41, 5.74) is -1.23. The van der Waals surface area contributed by atoms with E-state index >= 15 is 0 Å². The number of hydrogen-bond donors (Lipinski definition) is 4. The van der Waals surface area contributed by atoms with Crippen molar-refractivity contribution < 1.29 is 47.3 Å². The number of rotatable bonds is 6. The van der Waals surface area contributed by atoms with Crippen molar-refractivity contribution >= 4 is 21.6 Å². The van der Waals surface area contributed by atoms with Crippen LogP contribution in [0.25, 0.3) is 0 Å². The molecule has 1 aliphatic heterocycles. The molecule has 0 bridgehead atoms. The second-order valence-electron chi connectivity index (χ2n) is 4.65. The third-order valence-electron chi connectivity index (χ3n) is 2.39. The molecule has 20 heavy (non-hydrogen) atoms. The molecule has 118 valence electrons. The molecule has 1 rings (SSSR count). The van der Waals surface area contributed by atoms with Gasteiger partial charge in [0, 0.05) is 12.8 Å². The maximum Gasteiger partial charge on any atom is 0.481 e. The van der Waals surface area contributed by atoms with Crippen molar-refractivity contribution in [2.75, 3.05) is 6.61 Å².